The highest BCUT2D eigenvalue weighted by Crippen LogP contribution is 2.30. The van der Waals surface area contributed by atoms with E-state index in [-0.39, 0.29) is 18.0 Å². The van der Waals surface area contributed by atoms with Gasteiger partial charge in [0.25, 0.3) is 0 Å². The molecule has 1 aliphatic heterocycles. The van der Waals surface area contributed by atoms with E-state index in [9.17, 15) is 9.18 Å². The highest BCUT2D eigenvalue weighted by Gasteiger charge is 2.24. The third kappa shape index (κ3) is 4.37. The summed E-state index contributed by atoms with van der Waals surface area (Å²) in [5.41, 5.74) is 2.02. The summed E-state index contributed by atoms with van der Waals surface area (Å²) in [5, 5.41) is 8.95. The first kappa shape index (κ1) is 15.7. The lowest BCUT2D eigenvalue weighted by molar-refractivity contribution is -0.131. The average Bonchev–Trinajstić information content (AvgIpc) is 3.26. The molecule has 5 heteroatoms. The van der Waals surface area contributed by atoms with Gasteiger partial charge >= 0.3 is 5.97 Å². The number of carboxylic acids is 1. The largest absolute Gasteiger partial charge is 0.478 e. The van der Waals surface area contributed by atoms with Gasteiger partial charge in [0.15, 0.2) is 0 Å². The Morgan fingerprint density at radius 2 is 2.33 bits per heavy atom. The molecule has 1 aromatic rings. The molecule has 2 rings (SSSR count). The second-order valence-electron chi connectivity index (χ2n) is 5.02. The van der Waals surface area contributed by atoms with Gasteiger partial charge in [0.1, 0.15) is 11.9 Å². The van der Waals surface area contributed by atoms with Crippen molar-refractivity contribution in [3.05, 3.63) is 41.2 Å². The number of carbonyl (C=O) groups is 1. The van der Waals surface area contributed by atoms with Crippen LogP contribution in [0.3, 0.4) is 0 Å². The van der Waals surface area contributed by atoms with Crippen molar-refractivity contribution in [1.29, 1.82) is 0 Å². The molecule has 4 nitrogen and oxygen atoms in total. The number of allylic oxidation sites excluding steroid dienone is 1. The number of aliphatic carboxylic acids is 1. The predicted molar refractivity (Wildman–Crippen MR) is 76.4 cm³/mol. The van der Waals surface area contributed by atoms with Crippen molar-refractivity contribution >= 4 is 11.5 Å². The molecule has 0 bridgehead atoms. The molecule has 0 unspecified atom stereocenters. The molecular formula is C16H19FO4. The van der Waals surface area contributed by atoms with Crippen molar-refractivity contribution < 1.29 is 23.8 Å². The maximum atomic E-state index is 13.5. The van der Waals surface area contributed by atoms with Crippen molar-refractivity contribution in [3.8, 4) is 0 Å². The maximum absolute atomic E-state index is 13.5. The highest BCUT2D eigenvalue weighted by atomic mass is 19.1. The van der Waals surface area contributed by atoms with Crippen LogP contribution in [0.4, 0.5) is 4.39 Å². The summed E-state index contributed by atoms with van der Waals surface area (Å²) in [6.45, 7) is 4.85. The zero-order valence-corrected chi connectivity index (χ0v) is 12.1. The van der Waals surface area contributed by atoms with E-state index in [0.717, 1.165) is 6.08 Å². The Labute approximate surface area is 123 Å². The number of rotatable bonds is 7. The lowest BCUT2D eigenvalue weighted by Gasteiger charge is -2.18. The van der Waals surface area contributed by atoms with Gasteiger partial charge in [-0.3, -0.25) is 0 Å². The van der Waals surface area contributed by atoms with Crippen LogP contribution in [0.5, 0.6) is 0 Å². The van der Waals surface area contributed by atoms with Gasteiger partial charge in [0.2, 0.25) is 0 Å². The Bertz CT molecular complexity index is 549. The zero-order valence-electron chi connectivity index (χ0n) is 12.1. The topological polar surface area (TPSA) is 59.1 Å². The second-order valence-corrected chi connectivity index (χ2v) is 5.02. The van der Waals surface area contributed by atoms with E-state index in [2.05, 4.69) is 0 Å². The van der Waals surface area contributed by atoms with Crippen molar-refractivity contribution in [2.75, 3.05) is 13.2 Å². The van der Waals surface area contributed by atoms with Crippen LogP contribution in [0.25, 0.3) is 5.57 Å². The molecule has 0 radical (unpaired) electrons. The molecule has 0 aliphatic carbocycles. The third-order valence-electron chi connectivity index (χ3n) is 3.41. The van der Waals surface area contributed by atoms with Crippen LogP contribution in [-0.2, 0) is 14.3 Å². The number of benzene rings is 1. The minimum atomic E-state index is -1.01. The van der Waals surface area contributed by atoms with E-state index in [0.29, 0.717) is 36.3 Å². The number of ether oxygens (including phenoxy) is 2. The molecule has 1 N–H and O–H groups in total. The van der Waals surface area contributed by atoms with Crippen LogP contribution < -0.4 is 0 Å². The summed E-state index contributed by atoms with van der Waals surface area (Å²) < 4.78 is 24.3. The summed E-state index contributed by atoms with van der Waals surface area (Å²) in [4.78, 5) is 10.9. The van der Waals surface area contributed by atoms with Crippen LogP contribution in [-0.4, -0.2) is 30.4 Å². The SMILES string of the molecule is CC/C(=C\C(=O)O)c1ccc(F)cc1[C@@H](C)OC[C@H]1CO1. The summed E-state index contributed by atoms with van der Waals surface area (Å²) in [5.74, 6) is -1.38. The van der Waals surface area contributed by atoms with Gasteiger partial charge < -0.3 is 14.6 Å². The molecule has 0 aromatic heterocycles. The lowest BCUT2D eigenvalue weighted by Crippen LogP contribution is -2.09. The van der Waals surface area contributed by atoms with E-state index in [1.807, 2.05) is 13.8 Å². The van der Waals surface area contributed by atoms with E-state index in [4.69, 9.17) is 14.6 Å². The summed E-state index contributed by atoms with van der Waals surface area (Å²) in [6, 6.07) is 4.34. The summed E-state index contributed by atoms with van der Waals surface area (Å²) >= 11 is 0. The van der Waals surface area contributed by atoms with Crippen molar-refractivity contribution in [2.24, 2.45) is 0 Å². The molecule has 114 valence electrons. The molecular weight excluding hydrogens is 275 g/mol. The number of carboxylic acid groups (broad SMARTS) is 1. The fourth-order valence-corrected chi connectivity index (χ4v) is 2.19. The first-order valence-electron chi connectivity index (χ1n) is 6.97. The Balaban J connectivity index is 2.28. The van der Waals surface area contributed by atoms with Gasteiger partial charge in [-0.25, -0.2) is 9.18 Å². The van der Waals surface area contributed by atoms with E-state index < -0.39 is 5.97 Å². The number of hydrogen-bond acceptors (Lipinski definition) is 3. The monoisotopic (exact) mass is 294 g/mol. The van der Waals surface area contributed by atoms with Gasteiger partial charge in [0.05, 0.1) is 19.3 Å². The average molecular weight is 294 g/mol. The standard InChI is InChI=1S/C16H19FO4/c1-3-11(6-16(18)19)14-5-4-12(17)7-15(14)10(2)20-8-13-9-21-13/h4-7,10,13H,3,8-9H2,1-2H3,(H,18,19)/b11-6+/t10-,13+/m1/s1. The first-order chi connectivity index (χ1) is 10.0. The summed E-state index contributed by atoms with van der Waals surface area (Å²) in [7, 11) is 0. The van der Waals surface area contributed by atoms with Crippen LogP contribution in [0, 0.1) is 5.82 Å². The fourth-order valence-electron chi connectivity index (χ4n) is 2.19. The minimum absolute atomic E-state index is 0.129. The van der Waals surface area contributed by atoms with E-state index >= 15 is 0 Å². The normalized spacial score (nSPS) is 19.4. The Hall–Kier alpha value is -1.72. The Morgan fingerprint density at radius 3 is 2.90 bits per heavy atom. The molecule has 1 aromatic carbocycles. The molecule has 1 saturated heterocycles. The molecule has 0 amide bonds. The first-order valence-corrected chi connectivity index (χ1v) is 6.97. The smallest absolute Gasteiger partial charge is 0.328 e. The van der Waals surface area contributed by atoms with Crippen molar-refractivity contribution in [1.82, 2.24) is 0 Å². The van der Waals surface area contributed by atoms with Crippen LogP contribution in [0.15, 0.2) is 24.3 Å². The van der Waals surface area contributed by atoms with Crippen molar-refractivity contribution in [3.63, 3.8) is 0 Å². The van der Waals surface area contributed by atoms with Crippen LogP contribution >= 0.6 is 0 Å². The van der Waals surface area contributed by atoms with Crippen LogP contribution in [0.2, 0.25) is 0 Å². The Morgan fingerprint density at radius 1 is 1.62 bits per heavy atom. The van der Waals surface area contributed by atoms with Gasteiger partial charge in [-0.15, -0.1) is 0 Å². The van der Waals surface area contributed by atoms with Crippen molar-refractivity contribution in [2.45, 2.75) is 32.5 Å². The predicted octanol–water partition coefficient (Wildman–Crippen LogP) is 3.18. The molecule has 2 atom stereocenters. The number of halogens is 1. The molecule has 1 aliphatic rings. The van der Waals surface area contributed by atoms with E-state index in [1.165, 1.54) is 12.1 Å². The van der Waals surface area contributed by atoms with Gasteiger partial charge in [-0.2, -0.15) is 0 Å². The lowest BCUT2D eigenvalue weighted by atomic mass is 9.94. The minimum Gasteiger partial charge on any atom is -0.478 e. The maximum Gasteiger partial charge on any atom is 0.328 e. The summed E-state index contributed by atoms with van der Waals surface area (Å²) in [6.07, 6.45) is 1.50. The van der Waals surface area contributed by atoms with Gasteiger partial charge in [-0.05, 0) is 42.2 Å². The molecule has 0 saturated carbocycles. The van der Waals surface area contributed by atoms with Gasteiger partial charge in [-0.1, -0.05) is 13.0 Å². The second kappa shape index (κ2) is 6.83. The molecule has 0 spiro atoms. The molecule has 1 heterocycles. The highest BCUT2D eigenvalue weighted by molar-refractivity contribution is 5.90. The number of epoxide rings is 1. The number of hydrogen-bond donors (Lipinski definition) is 1. The fraction of sp³-hybridized carbons (Fsp3) is 0.438. The van der Waals surface area contributed by atoms with Crippen LogP contribution in [0.1, 0.15) is 37.5 Å². The molecule has 21 heavy (non-hydrogen) atoms. The Kier molecular flexibility index (Phi) is 5.09. The van der Waals surface area contributed by atoms with E-state index in [1.54, 1.807) is 6.07 Å². The third-order valence-corrected chi connectivity index (χ3v) is 3.41. The zero-order chi connectivity index (χ0) is 15.4. The quantitative estimate of drug-likeness (QED) is 0.620. The molecule has 1 fully saturated rings. The van der Waals surface area contributed by atoms with Gasteiger partial charge in [0, 0.05) is 6.08 Å².